The molecule has 0 bridgehead atoms. The predicted octanol–water partition coefficient (Wildman–Crippen LogP) is 2.08. The molecule has 1 aromatic heterocycles. The van der Waals surface area contributed by atoms with E-state index in [1.54, 1.807) is 11.3 Å². The van der Waals surface area contributed by atoms with Gasteiger partial charge in [0.1, 0.15) is 5.75 Å². The third-order valence-electron chi connectivity index (χ3n) is 1.75. The van der Waals surface area contributed by atoms with E-state index in [1.165, 1.54) is 4.88 Å². The fourth-order valence-corrected chi connectivity index (χ4v) is 2.11. The third kappa shape index (κ3) is 1.99. The van der Waals surface area contributed by atoms with E-state index in [2.05, 4.69) is 13.8 Å². The predicted molar refractivity (Wildman–Crippen MR) is 52.8 cm³/mol. The summed E-state index contributed by atoms with van der Waals surface area (Å²) in [7, 11) is 0. The van der Waals surface area contributed by atoms with Gasteiger partial charge in [0.05, 0.1) is 0 Å². The summed E-state index contributed by atoms with van der Waals surface area (Å²) in [6.45, 7) is 4.85. The second-order valence-electron chi connectivity index (χ2n) is 3.15. The van der Waals surface area contributed by atoms with Gasteiger partial charge < -0.3 is 10.8 Å². The van der Waals surface area contributed by atoms with Crippen molar-refractivity contribution in [2.24, 2.45) is 5.73 Å². The van der Waals surface area contributed by atoms with E-state index in [4.69, 9.17) is 5.73 Å². The van der Waals surface area contributed by atoms with Gasteiger partial charge in [0, 0.05) is 9.75 Å². The molecular formula is C9H15NOS. The fraction of sp³-hybridized carbons (Fsp3) is 0.556. The van der Waals surface area contributed by atoms with Crippen molar-refractivity contribution in [3.05, 3.63) is 15.8 Å². The smallest absolute Gasteiger partial charge is 0.129 e. The SMILES string of the molecule is CC(C)c1cc(O)c(CCN)s1. The zero-order valence-corrected chi connectivity index (χ0v) is 8.32. The van der Waals surface area contributed by atoms with E-state index in [0.29, 0.717) is 18.2 Å². The van der Waals surface area contributed by atoms with Crippen LogP contribution in [0.5, 0.6) is 5.75 Å². The Labute approximate surface area is 77.0 Å². The summed E-state index contributed by atoms with van der Waals surface area (Å²) >= 11 is 1.66. The van der Waals surface area contributed by atoms with Gasteiger partial charge in [-0.2, -0.15) is 0 Å². The van der Waals surface area contributed by atoms with Gasteiger partial charge in [0.15, 0.2) is 0 Å². The molecule has 0 saturated carbocycles. The topological polar surface area (TPSA) is 46.2 Å². The molecule has 3 N–H and O–H groups in total. The van der Waals surface area contributed by atoms with Gasteiger partial charge in [0.2, 0.25) is 0 Å². The minimum absolute atomic E-state index is 0.411. The lowest BCUT2D eigenvalue weighted by atomic mass is 10.2. The van der Waals surface area contributed by atoms with Crippen LogP contribution < -0.4 is 5.73 Å². The van der Waals surface area contributed by atoms with Gasteiger partial charge in [-0.1, -0.05) is 13.8 Å². The quantitative estimate of drug-likeness (QED) is 0.757. The molecule has 1 rings (SSSR count). The summed E-state index contributed by atoms with van der Waals surface area (Å²) < 4.78 is 0. The Morgan fingerprint density at radius 2 is 2.25 bits per heavy atom. The molecule has 3 heteroatoms. The highest BCUT2D eigenvalue weighted by Crippen LogP contribution is 2.32. The van der Waals surface area contributed by atoms with Crippen LogP contribution in [0.15, 0.2) is 6.07 Å². The van der Waals surface area contributed by atoms with Gasteiger partial charge in [0.25, 0.3) is 0 Å². The molecule has 0 spiro atoms. The summed E-state index contributed by atoms with van der Waals surface area (Å²) in [5.41, 5.74) is 5.41. The lowest BCUT2D eigenvalue weighted by Gasteiger charge is -1.96. The first-order valence-electron chi connectivity index (χ1n) is 4.16. The lowest BCUT2D eigenvalue weighted by molar-refractivity contribution is 0.471. The Kier molecular flexibility index (Phi) is 3.12. The minimum atomic E-state index is 0.411. The maximum atomic E-state index is 9.47. The van der Waals surface area contributed by atoms with Crippen molar-refractivity contribution < 1.29 is 5.11 Å². The average Bonchev–Trinajstić information content (AvgIpc) is 2.34. The zero-order chi connectivity index (χ0) is 9.14. The molecular weight excluding hydrogens is 170 g/mol. The standard InChI is InChI=1S/C9H15NOS/c1-6(2)9-5-7(11)8(12-9)3-4-10/h5-6,11H,3-4,10H2,1-2H3. The maximum Gasteiger partial charge on any atom is 0.129 e. The van der Waals surface area contributed by atoms with Crippen LogP contribution in [0.25, 0.3) is 0 Å². The molecule has 1 heterocycles. The van der Waals surface area contributed by atoms with Crippen LogP contribution in [0.4, 0.5) is 0 Å². The highest BCUT2D eigenvalue weighted by Gasteiger charge is 2.09. The van der Waals surface area contributed by atoms with E-state index in [-0.39, 0.29) is 0 Å². The van der Waals surface area contributed by atoms with Crippen LogP contribution in [0.2, 0.25) is 0 Å². The summed E-state index contributed by atoms with van der Waals surface area (Å²) in [6.07, 6.45) is 0.781. The van der Waals surface area contributed by atoms with Crippen molar-refractivity contribution in [2.75, 3.05) is 6.54 Å². The molecule has 0 aliphatic carbocycles. The number of rotatable bonds is 3. The second-order valence-corrected chi connectivity index (χ2v) is 4.32. The Morgan fingerprint density at radius 3 is 2.67 bits per heavy atom. The first kappa shape index (κ1) is 9.55. The number of thiophene rings is 1. The van der Waals surface area contributed by atoms with Gasteiger partial charge in [-0.25, -0.2) is 0 Å². The van der Waals surface area contributed by atoms with Crippen molar-refractivity contribution >= 4 is 11.3 Å². The number of hydrogen-bond donors (Lipinski definition) is 2. The average molecular weight is 185 g/mol. The largest absolute Gasteiger partial charge is 0.507 e. The Balaban J connectivity index is 2.85. The molecule has 68 valence electrons. The monoisotopic (exact) mass is 185 g/mol. The van der Waals surface area contributed by atoms with E-state index < -0.39 is 0 Å². The molecule has 0 atom stereocenters. The van der Waals surface area contributed by atoms with Crippen molar-refractivity contribution in [2.45, 2.75) is 26.2 Å². The molecule has 0 unspecified atom stereocenters. The van der Waals surface area contributed by atoms with Crippen LogP contribution in [-0.2, 0) is 6.42 Å². The lowest BCUT2D eigenvalue weighted by Crippen LogP contribution is -2.00. The van der Waals surface area contributed by atoms with Crippen molar-refractivity contribution in [1.29, 1.82) is 0 Å². The first-order valence-corrected chi connectivity index (χ1v) is 4.98. The van der Waals surface area contributed by atoms with Crippen LogP contribution in [0, 0.1) is 0 Å². The van der Waals surface area contributed by atoms with Crippen molar-refractivity contribution in [1.82, 2.24) is 0 Å². The van der Waals surface area contributed by atoms with Gasteiger partial charge in [-0.15, -0.1) is 11.3 Å². The van der Waals surface area contributed by atoms with Crippen LogP contribution in [0.3, 0.4) is 0 Å². The molecule has 0 radical (unpaired) electrons. The molecule has 0 fully saturated rings. The highest BCUT2D eigenvalue weighted by molar-refractivity contribution is 7.12. The van der Waals surface area contributed by atoms with E-state index in [1.807, 2.05) is 6.07 Å². The van der Waals surface area contributed by atoms with Crippen LogP contribution in [-0.4, -0.2) is 11.7 Å². The summed E-state index contributed by atoms with van der Waals surface area (Å²) in [6, 6.07) is 1.85. The summed E-state index contributed by atoms with van der Waals surface area (Å²) in [4.78, 5) is 2.25. The minimum Gasteiger partial charge on any atom is -0.507 e. The summed E-state index contributed by atoms with van der Waals surface area (Å²) in [5.74, 6) is 0.904. The fourth-order valence-electron chi connectivity index (χ4n) is 1.03. The molecule has 0 aliphatic rings. The molecule has 12 heavy (non-hydrogen) atoms. The van der Waals surface area contributed by atoms with Gasteiger partial charge in [-0.3, -0.25) is 0 Å². The highest BCUT2D eigenvalue weighted by atomic mass is 32.1. The Hall–Kier alpha value is -0.540. The third-order valence-corrected chi connectivity index (χ3v) is 3.23. The second kappa shape index (κ2) is 3.92. The Bertz CT molecular complexity index is 255. The maximum absolute atomic E-state index is 9.47. The molecule has 0 aliphatic heterocycles. The number of nitrogens with two attached hydrogens (primary N) is 1. The van der Waals surface area contributed by atoms with Crippen molar-refractivity contribution in [3.63, 3.8) is 0 Å². The summed E-state index contributed by atoms with van der Waals surface area (Å²) in [5, 5.41) is 9.47. The van der Waals surface area contributed by atoms with Crippen LogP contribution >= 0.6 is 11.3 Å². The molecule has 0 aromatic carbocycles. The van der Waals surface area contributed by atoms with Crippen molar-refractivity contribution in [3.8, 4) is 5.75 Å². The van der Waals surface area contributed by atoms with Gasteiger partial charge in [-0.05, 0) is 24.9 Å². The molecule has 0 saturated heterocycles. The number of aromatic hydroxyl groups is 1. The van der Waals surface area contributed by atoms with E-state index in [9.17, 15) is 5.11 Å². The number of hydrogen-bond acceptors (Lipinski definition) is 3. The zero-order valence-electron chi connectivity index (χ0n) is 7.50. The van der Waals surface area contributed by atoms with E-state index in [0.717, 1.165) is 11.3 Å². The van der Waals surface area contributed by atoms with E-state index >= 15 is 0 Å². The molecule has 2 nitrogen and oxygen atoms in total. The first-order chi connectivity index (χ1) is 5.65. The van der Waals surface area contributed by atoms with Crippen LogP contribution in [0.1, 0.15) is 29.5 Å². The van der Waals surface area contributed by atoms with Gasteiger partial charge >= 0.3 is 0 Å². The molecule has 0 amide bonds. The Morgan fingerprint density at radius 1 is 1.58 bits per heavy atom. The normalized spacial score (nSPS) is 11.0. The molecule has 1 aromatic rings.